The molecule has 3 heterocycles. The van der Waals surface area contributed by atoms with Gasteiger partial charge in [-0.15, -0.1) is 11.3 Å². The van der Waals surface area contributed by atoms with E-state index in [1.165, 1.54) is 24.6 Å². The summed E-state index contributed by atoms with van der Waals surface area (Å²) in [5.74, 6) is 1.87. The van der Waals surface area contributed by atoms with Crippen molar-refractivity contribution < 1.29 is 0 Å². The highest BCUT2D eigenvalue weighted by atomic mass is 32.1. The van der Waals surface area contributed by atoms with Crippen molar-refractivity contribution in [2.45, 2.75) is 26.2 Å². The predicted molar refractivity (Wildman–Crippen MR) is 77.6 cm³/mol. The lowest BCUT2D eigenvalue weighted by Gasteiger charge is -2.28. The van der Waals surface area contributed by atoms with Crippen molar-refractivity contribution in [1.29, 1.82) is 0 Å². The highest BCUT2D eigenvalue weighted by molar-refractivity contribution is 7.16. The van der Waals surface area contributed by atoms with E-state index < -0.39 is 0 Å². The summed E-state index contributed by atoms with van der Waals surface area (Å²) < 4.78 is 0. The molecule has 96 valence electrons. The zero-order valence-corrected chi connectivity index (χ0v) is 11.5. The van der Waals surface area contributed by atoms with Crippen LogP contribution in [0.15, 0.2) is 11.4 Å². The standard InChI is InChI=1S/C13H18N4S/c1-2-14-13-15-11(17-7-4-3-5-8-17)10-6-9-18-12(10)16-13/h6,9H,2-5,7-8H2,1H3,(H,14,15,16). The van der Waals surface area contributed by atoms with Crippen molar-refractivity contribution in [3.63, 3.8) is 0 Å². The molecule has 18 heavy (non-hydrogen) atoms. The van der Waals surface area contributed by atoms with Gasteiger partial charge < -0.3 is 10.2 Å². The Bertz CT molecular complexity index is 531. The molecule has 4 nitrogen and oxygen atoms in total. The lowest BCUT2D eigenvalue weighted by Crippen LogP contribution is -2.30. The summed E-state index contributed by atoms with van der Waals surface area (Å²) in [6.45, 7) is 5.17. The number of rotatable bonds is 3. The third-order valence-electron chi connectivity index (χ3n) is 3.30. The lowest BCUT2D eigenvalue weighted by atomic mass is 10.1. The number of piperidine rings is 1. The molecule has 1 aliphatic heterocycles. The number of anilines is 2. The molecule has 0 unspecified atom stereocenters. The highest BCUT2D eigenvalue weighted by Gasteiger charge is 2.17. The van der Waals surface area contributed by atoms with Crippen molar-refractivity contribution >= 4 is 33.3 Å². The van der Waals surface area contributed by atoms with E-state index >= 15 is 0 Å². The van der Waals surface area contributed by atoms with Gasteiger partial charge in [0.15, 0.2) is 0 Å². The minimum atomic E-state index is 0.757. The SMILES string of the molecule is CCNc1nc(N2CCCCC2)c2ccsc2n1. The number of hydrogen-bond acceptors (Lipinski definition) is 5. The van der Waals surface area contributed by atoms with Crippen molar-refractivity contribution in [3.05, 3.63) is 11.4 Å². The van der Waals surface area contributed by atoms with E-state index in [1.54, 1.807) is 11.3 Å². The van der Waals surface area contributed by atoms with Crippen molar-refractivity contribution in [1.82, 2.24) is 9.97 Å². The quantitative estimate of drug-likeness (QED) is 0.922. The molecule has 0 aliphatic carbocycles. The van der Waals surface area contributed by atoms with Crippen LogP contribution in [0.1, 0.15) is 26.2 Å². The summed E-state index contributed by atoms with van der Waals surface area (Å²) in [6, 6.07) is 2.14. The van der Waals surface area contributed by atoms with Gasteiger partial charge in [-0.05, 0) is 37.6 Å². The number of aromatic nitrogens is 2. The smallest absolute Gasteiger partial charge is 0.226 e. The molecule has 1 N–H and O–H groups in total. The molecule has 1 aliphatic rings. The van der Waals surface area contributed by atoms with Crippen molar-refractivity contribution in [3.8, 4) is 0 Å². The van der Waals surface area contributed by atoms with Gasteiger partial charge in [0.2, 0.25) is 5.95 Å². The molecule has 2 aromatic heterocycles. The summed E-state index contributed by atoms with van der Waals surface area (Å²) in [5.41, 5.74) is 0. The molecule has 5 heteroatoms. The first-order valence-corrected chi connectivity index (χ1v) is 7.50. The van der Waals surface area contributed by atoms with Crippen LogP contribution in [-0.4, -0.2) is 29.6 Å². The molecule has 0 amide bonds. The Morgan fingerprint density at radius 3 is 2.89 bits per heavy atom. The first-order chi connectivity index (χ1) is 8.88. The molecule has 0 radical (unpaired) electrons. The maximum atomic E-state index is 4.70. The van der Waals surface area contributed by atoms with Gasteiger partial charge in [-0.1, -0.05) is 0 Å². The highest BCUT2D eigenvalue weighted by Crippen LogP contribution is 2.30. The predicted octanol–water partition coefficient (Wildman–Crippen LogP) is 3.11. The molecular formula is C13H18N4S. The second kappa shape index (κ2) is 5.10. The summed E-state index contributed by atoms with van der Waals surface area (Å²) in [5, 5.41) is 6.52. The molecule has 2 aromatic rings. The summed E-state index contributed by atoms with van der Waals surface area (Å²) in [6.07, 6.45) is 3.88. The normalized spacial score (nSPS) is 16.2. The van der Waals surface area contributed by atoms with Gasteiger partial charge in [0.05, 0.1) is 5.39 Å². The Balaban J connectivity index is 2.03. The minimum absolute atomic E-state index is 0.757. The van der Waals surface area contributed by atoms with Gasteiger partial charge in [-0.3, -0.25) is 0 Å². The van der Waals surface area contributed by atoms with Crippen LogP contribution in [0.3, 0.4) is 0 Å². The van der Waals surface area contributed by atoms with Crippen LogP contribution < -0.4 is 10.2 Å². The topological polar surface area (TPSA) is 41.1 Å². The molecule has 0 atom stereocenters. The van der Waals surface area contributed by atoms with Crippen LogP contribution in [0.2, 0.25) is 0 Å². The third kappa shape index (κ3) is 2.14. The average Bonchev–Trinajstić information content (AvgIpc) is 2.87. The van der Waals surface area contributed by atoms with Crippen molar-refractivity contribution in [2.75, 3.05) is 29.9 Å². The molecule has 0 spiro atoms. The third-order valence-corrected chi connectivity index (χ3v) is 4.10. The first-order valence-electron chi connectivity index (χ1n) is 6.62. The fourth-order valence-electron chi connectivity index (χ4n) is 2.42. The largest absolute Gasteiger partial charge is 0.356 e. The van der Waals surface area contributed by atoms with Gasteiger partial charge in [0.1, 0.15) is 10.6 Å². The van der Waals surface area contributed by atoms with E-state index in [4.69, 9.17) is 4.98 Å². The summed E-state index contributed by atoms with van der Waals surface area (Å²) in [7, 11) is 0. The van der Waals surface area contributed by atoms with Crippen LogP contribution in [-0.2, 0) is 0 Å². The van der Waals surface area contributed by atoms with E-state index in [-0.39, 0.29) is 0 Å². The Hall–Kier alpha value is -1.36. The first kappa shape index (κ1) is 11.7. The van der Waals surface area contributed by atoms with Crippen LogP contribution in [0.4, 0.5) is 11.8 Å². The van der Waals surface area contributed by atoms with E-state index in [9.17, 15) is 0 Å². The molecule has 3 rings (SSSR count). The number of hydrogen-bond donors (Lipinski definition) is 1. The number of fused-ring (bicyclic) bond motifs is 1. The fraction of sp³-hybridized carbons (Fsp3) is 0.538. The lowest BCUT2D eigenvalue weighted by molar-refractivity contribution is 0.575. The Morgan fingerprint density at radius 1 is 1.28 bits per heavy atom. The van der Waals surface area contributed by atoms with E-state index in [2.05, 4.69) is 33.6 Å². The number of thiophene rings is 1. The zero-order valence-electron chi connectivity index (χ0n) is 10.6. The van der Waals surface area contributed by atoms with Gasteiger partial charge in [-0.25, -0.2) is 4.98 Å². The molecule has 1 saturated heterocycles. The van der Waals surface area contributed by atoms with Crippen LogP contribution in [0.5, 0.6) is 0 Å². The Morgan fingerprint density at radius 2 is 2.11 bits per heavy atom. The van der Waals surface area contributed by atoms with E-state index in [0.29, 0.717) is 0 Å². The van der Waals surface area contributed by atoms with Gasteiger partial charge in [-0.2, -0.15) is 4.98 Å². The van der Waals surface area contributed by atoms with Crippen molar-refractivity contribution in [2.24, 2.45) is 0 Å². The van der Waals surface area contributed by atoms with Crippen LogP contribution >= 0.6 is 11.3 Å². The molecule has 1 fully saturated rings. The van der Waals surface area contributed by atoms with E-state index in [0.717, 1.165) is 36.2 Å². The Labute approximate surface area is 111 Å². The molecular weight excluding hydrogens is 244 g/mol. The van der Waals surface area contributed by atoms with Gasteiger partial charge in [0, 0.05) is 19.6 Å². The number of nitrogens with zero attached hydrogens (tertiary/aromatic N) is 3. The molecule has 0 bridgehead atoms. The van der Waals surface area contributed by atoms with E-state index in [1.807, 2.05) is 0 Å². The number of nitrogens with one attached hydrogen (secondary N) is 1. The summed E-state index contributed by atoms with van der Waals surface area (Å²) in [4.78, 5) is 12.7. The van der Waals surface area contributed by atoms with Crippen LogP contribution in [0, 0.1) is 0 Å². The van der Waals surface area contributed by atoms with Crippen LogP contribution in [0.25, 0.3) is 10.2 Å². The monoisotopic (exact) mass is 262 g/mol. The van der Waals surface area contributed by atoms with Gasteiger partial charge in [0.25, 0.3) is 0 Å². The maximum absolute atomic E-state index is 4.70. The molecule has 0 aromatic carbocycles. The fourth-order valence-corrected chi connectivity index (χ4v) is 3.18. The summed E-state index contributed by atoms with van der Waals surface area (Å²) >= 11 is 1.69. The second-order valence-electron chi connectivity index (χ2n) is 4.59. The average molecular weight is 262 g/mol. The maximum Gasteiger partial charge on any atom is 0.226 e. The van der Waals surface area contributed by atoms with Gasteiger partial charge >= 0.3 is 0 Å². The second-order valence-corrected chi connectivity index (χ2v) is 5.48. The molecule has 0 saturated carbocycles. The Kier molecular flexibility index (Phi) is 3.32. The zero-order chi connectivity index (χ0) is 12.4. The minimum Gasteiger partial charge on any atom is -0.356 e.